The molecular weight excluding hydrogens is 388 g/mol. The quantitative estimate of drug-likeness (QED) is 0.339. The fourth-order valence-electron chi connectivity index (χ4n) is 2.58. The number of carbonyl (C=O) groups excluding carboxylic acids is 1. The van der Waals surface area contributed by atoms with Crippen LogP contribution in [-0.2, 0) is 10.5 Å². The zero-order valence-corrected chi connectivity index (χ0v) is 17.1. The van der Waals surface area contributed by atoms with E-state index in [0.717, 1.165) is 23.3 Å². The molecule has 0 atom stereocenters. The van der Waals surface area contributed by atoms with Gasteiger partial charge in [-0.2, -0.15) is 0 Å². The smallest absolute Gasteiger partial charge is 0.338 e. The number of hydrogen-bond acceptors (Lipinski definition) is 6. The lowest BCUT2D eigenvalue weighted by atomic mass is 10.1. The minimum Gasteiger partial charge on any atom is -0.497 e. The lowest BCUT2D eigenvalue weighted by molar-refractivity contribution is 0.0505. The second kappa shape index (κ2) is 9.93. The summed E-state index contributed by atoms with van der Waals surface area (Å²) in [5.74, 6) is 1.04. The molecule has 0 aliphatic rings. The molecule has 29 heavy (non-hydrogen) atoms. The van der Waals surface area contributed by atoms with E-state index in [1.165, 1.54) is 17.8 Å². The van der Waals surface area contributed by atoms with Gasteiger partial charge in [-0.25, -0.2) is 9.78 Å². The molecule has 0 saturated carbocycles. The molecule has 3 rings (SSSR count). The van der Waals surface area contributed by atoms with Gasteiger partial charge in [-0.05, 0) is 48.4 Å². The molecule has 0 radical (unpaired) electrons. The molecule has 2 aromatic carbocycles. The van der Waals surface area contributed by atoms with Gasteiger partial charge in [0.1, 0.15) is 5.75 Å². The van der Waals surface area contributed by atoms with Gasteiger partial charge in [0.2, 0.25) is 0 Å². The highest BCUT2D eigenvalue weighted by molar-refractivity contribution is 7.98. The predicted octanol–water partition coefficient (Wildman–Crippen LogP) is 4.30. The van der Waals surface area contributed by atoms with Crippen LogP contribution >= 0.6 is 11.8 Å². The number of aromatic amines is 1. The highest BCUT2D eigenvalue weighted by atomic mass is 32.2. The molecule has 1 N–H and O–H groups in total. The molecule has 0 unspecified atom stereocenters. The van der Waals surface area contributed by atoms with E-state index >= 15 is 0 Å². The maximum absolute atomic E-state index is 12.0. The van der Waals surface area contributed by atoms with Crippen LogP contribution in [0.1, 0.15) is 29.3 Å². The van der Waals surface area contributed by atoms with E-state index in [2.05, 4.69) is 9.97 Å². The molecule has 1 heterocycles. The lowest BCUT2D eigenvalue weighted by Crippen LogP contribution is -2.08. The maximum atomic E-state index is 12.0. The minimum absolute atomic E-state index is 0.206. The third-order valence-corrected chi connectivity index (χ3v) is 5.05. The number of aromatic nitrogens is 2. The molecule has 0 saturated heterocycles. The molecule has 7 heteroatoms. The molecule has 0 bridgehead atoms. The minimum atomic E-state index is -0.316. The van der Waals surface area contributed by atoms with Crippen LogP contribution in [0.2, 0.25) is 0 Å². The molecule has 0 aliphatic heterocycles. The first-order valence-corrected chi connectivity index (χ1v) is 10.2. The number of ether oxygens (including phenoxy) is 2. The average Bonchev–Trinajstić information content (AvgIpc) is 2.76. The molecule has 150 valence electrons. The topological polar surface area (TPSA) is 81.3 Å². The van der Waals surface area contributed by atoms with E-state index in [1.54, 1.807) is 19.2 Å². The van der Waals surface area contributed by atoms with Gasteiger partial charge >= 0.3 is 5.97 Å². The van der Waals surface area contributed by atoms with E-state index in [1.807, 2.05) is 43.3 Å². The zero-order valence-electron chi connectivity index (χ0n) is 16.3. The maximum Gasteiger partial charge on any atom is 0.338 e. The normalized spacial score (nSPS) is 10.6. The van der Waals surface area contributed by atoms with Gasteiger partial charge in [0.15, 0.2) is 5.16 Å². The third-order valence-electron chi connectivity index (χ3n) is 4.11. The molecule has 0 aliphatic carbocycles. The van der Waals surface area contributed by atoms with Crippen molar-refractivity contribution in [2.45, 2.75) is 24.3 Å². The number of methoxy groups -OCH3 is 1. The number of rotatable bonds is 8. The first kappa shape index (κ1) is 20.7. The SMILES string of the molecule is CCCOC(=O)c1ccc(CSc2nc(-c3ccc(OC)cc3)cc(=O)[nH]2)cc1. The summed E-state index contributed by atoms with van der Waals surface area (Å²) < 4.78 is 10.3. The number of benzene rings is 2. The number of hydrogen-bond donors (Lipinski definition) is 1. The number of esters is 1. The largest absolute Gasteiger partial charge is 0.497 e. The van der Waals surface area contributed by atoms with Gasteiger partial charge < -0.3 is 14.5 Å². The van der Waals surface area contributed by atoms with Crippen molar-refractivity contribution in [1.82, 2.24) is 9.97 Å². The van der Waals surface area contributed by atoms with Crippen molar-refractivity contribution in [1.29, 1.82) is 0 Å². The van der Waals surface area contributed by atoms with E-state index in [4.69, 9.17) is 9.47 Å². The number of carbonyl (C=O) groups is 1. The van der Waals surface area contributed by atoms with Crippen LogP contribution in [0.5, 0.6) is 5.75 Å². The summed E-state index contributed by atoms with van der Waals surface area (Å²) in [5, 5.41) is 0.537. The Morgan fingerprint density at radius 2 is 1.83 bits per heavy atom. The average molecular weight is 410 g/mol. The van der Waals surface area contributed by atoms with Gasteiger partial charge in [-0.15, -0.1) is 0 Å². The van der Waals surface area contributed by atoms with E-state index in [9.17, 15) is 9.59 Å². The van der Waals surface area contributed by atoms with Gasteiger partial charge in [0.05, 0.1) is 25.0 Å². The highest BCUT2D eigenvalue weighted by Crippen LogP contribution is 2.23. The highest BCUT2D eigenvalue weighted by Gasteiger charge is 2.08. The van der Waals surface area contributed by atoms with Crippen LogP contribution in [0.15, 0.2) is 64.5 Å². The molecule has 0 spiro atoms. The van der Waals surface area contributed by atoms with Gasteiger partial charge in [-0.1, -0.05) is 30.8 Å². The lowest BCUT2D eigenvalue weighted by Gasteiger charge is -2.07. The standard InChI is InChI=1S/C22H22N2O4S/c1-3-12-28-21(26)17-6-4-15(5-7-17)14-29-22-23-19(13-20(25)24-22)16-8-10-18(27-2)11-9-16/h4-11,13H,3,12,14H2,1-2H3,(H,23,24,25). The van der Waals surface area contributed by atoms with Crippen LogP contribution in [0.3, 0.4) is 0 Å². The molecule has 0 fully saturated rings. The van der Waals surface area contributed by atoms with Gasteiger partial charge in [-0.3, -0.25) is 4.79 Å². The number of thioether (sulfide) groups is 1. The van der Waals surface area contributed by atoms with Crippen molar-refractivity contribution in [3.8, 4) is 17.0 Å². The summed E-state index contributed by atoms with van der Waals surface area (Å²) in [5.41, 5.74) is 2.78. The van der Waals surface area contributed by atoms with Crippen LogP contribution in [0, 0.1) is 0 Å². The van der Waals surface area contributed by atoms with Crippen LogP contribution in [0.4, 0.5) is 0 Å². The molecule has 3 aromatic rings. The third kappa shape index (κ3) is 5.71. The zero-order chi connectivity index (χ0) is 20.6. The van der Waals surface area contributed by atoms with Crippen LogP contribution in [-0.4, -0.2) is 29.7 Å². The van der Waals surface area contributed by atoms with E-state index in [-0.39, 0.29) is 11.5 Å². The van der Waals surface area contributed by atoms with Crippen molar-refractivity contribution >= 4 is 17.7 Å². The first-order chi connectivity index (χ1) is 14.1. The van der Waals surface area contributed by atoms with Crippen LogP contribution < -0.4 is 10.3 Å². The molecule has 6 nitrogen and oxygen atoms in total. The first-order valence-electron chi connectivity index (χ1n) is 9.23. The van der Waals surface area contributed by atoms with E-state index < -0.39 is 0 Å². The summed E-state index contributed by atoms with van der Waals surface area (Å²) in [4.78, 5) is 31.2. The summed E-state index contributed by atoms with van der Waals surface area (Å²) in [7, 11) is 1.61. The Kier molecular flexibility index (Phi) is 7.08. The van der Waals surface area contributed by atoms with Crippen molar-refractivity contribution in [2.24, 2.45) is 0 Å². The molecule has 0 amide bonds. The van der Waals surface area contributed by atoms with Crippen molar-refractivity contribution in [3.63, 3.8) is 0 Å². The Morgan fingerprint density at radius 3 is 2.48 bits per heavy atom. The Labute approximate surface area is 173 Å². The molecular formula is C22H22N2O4S. The van der Waals surface area contributed by atoms with Crippen molar-refractivity contribution < 1.29 is 14.3 Å². The van der Waals surface area contributed by atoms with Gasteiger partial charge in [0, 0.05) is 17.4 Å². The number of nitrogens with zero attached hydrogens (tertiary/aromatic N) is 1. The summed E-state index contributed by atoms with van der Waals surface area (Å²) in [6.45, 7) is 2.37. The summed E-state index contributed by atoms with van der Waals surface area (Å²) in [6, 6.07) is 16.1. The second-order valence-corrected chi connectivity index (χ2v) is 7.25. The summed E-state index contributed by atoms with van der Waals surface area (Å²) >= 11 is 1.42. The Balaban J connectivity index is 1.68. The predicted molar refractivity (Wildman–Crippen MR) is 113 cm³/mol. The number of nitrogens with one attached hydrogen (secondary N) is 1. The Hall–Kier alpha value is -3.06. The second-order valence-electron chi connectivity index (χ2n) is 6.29. The van der Waals surface area contributed by atoms with Crippen molar-refractivity contribution in [2.75, 3.05) is 13.7 Å². The summed E-state index contributed by atoms with van der Waals surface area (Å²) in [6.07, 6.45) is 0.793. The number of H-pyrrole nitrogens is 1. The van der Waals surface area contributed by atoms with Crippen LogP contribution in [0.25, 0.3) is 11.3 Å². The van der Waals surface area contributed by atoms with Gasteiger partial charge in [0.25, 0.3) is 5.56 Å². The Bertz CT molecular complexity index is 1010. The fourth-order valence-corrected chi connectivity index (χ4v) is 3.41. The van der Waals surface area contributed by atoms with Crippen molar-refractivity contribution in [3.05, 3.63) is 76.1 Å². The monoisotopic (exact) mass is 410 g/mol. The van der Waals surface area contributed by atoms with E-state index in [0.29, 0.717) is 28.8 Å². The Morgan fingerprint density at radius 1 is 1.10 bits per heavy atom. The molecule has 1 aromatic heterocycles. The fraction of sp³-hybridized carbons (Fsp3) is 0.227.